The van der Waals surface area contributed by atoms with Crippen molar-refractivity contribution in [2.75, 3.05) is 11.4 Å². The number of hydrogen-bond acceptors (Lipinski definition) is 3. The number of carbonyl (C=O) groups is 2. The van der Waals surface area contributed by atoms with Gasteiger partial charge in [0, 0.05) is 13.0 Å². The first-order chi connectivity index (χ1) is 8.95. The maximum Gasteiger partial charge on any atom is 0.239 e. The first kappa shape index (κ1) is 13.7. The molecule has 1 aliphatic heterocycles. The number of hydrogen-bond donors (Lipinski definition) is 1. The zero-order valence-corrected chi connectivity index (χ0v) is 11.7. The topological polar surface area (TPSA) is 49.4 Å². The smallest absolute Gasteiger partial charge is 0.239 e. The highest BCUT2D eigenvalue weighted by Crippen LogP contribution is 2.35. The molecule has 2 rings (SSSR count). The maximum absolute atomic E-state index is 12.3. The van der Waals surface area contributed by atoms with Crippen LogP contribution in [0.25, 0.3) is 0 Å². The van der Waals surface area contributed by atoms with Crippen molar-refractivity contribution in [1.82, 2.24) is 5.32 Å². The van der Waals surface area contributed by atoms with Gasteiger partial charge in [0.1, 0.15) is 0 Å². The minimum Gasteiger partial charge on any atom is -0.313 e. The van der Waals surface area contributed by atoms with Crippen molar-refractivity contribution in [3.63, 3.8) is 0 Å². The molecule has 4 heteroatoms. The van der Waals surface area contributed by atoms with E-state index in [1.807, 2.05) is 45.0 Å². The molecule has 1 aromatic carbocycles. The Morgan fingerprint density at radius 3 is 2.63 bits per heavy atom. The van der Waals surface area contributed by atoms with E-state index in [0.717, 1.165) is 18.7 Å². The van der Waals surface area contributed by atoms with Gasteiger partial charge in [-0.05, 0) is 24.2 Å². The van der Waals surface area contributed by atoms with Crippen LogP contribution in [0, 0.1) is 5.41 Å². The quantitative estimate of drug-likeness (QED) is 0.843. The molecule has 19 heavy (non-hydrogen) atoms. The highest BCUT2D eigenvalue weighted by atomic mass is 16.2. The zero-order chi connectivity index (χ0) is 14.0. The Bertz CT molecular complexity index is 509. The van der Waals surface area contributed by atoms with Crippen molar-refractivity contribution in [1.29, 1.82) is 0 Å². The van der Waals surface area contributed by atoms with Crippen LogP contribution in [-0.2, 0) is 16.1 Å². The molecule has 2 amide bonds. The van der Waals surface area contributed by atoms with Gasteiger partial charge < -0.3 is 5.32 Å². The molecule has 1 aliphatic rings. The number of nitrogens with zero attached hydrogens (tertiary/aromatic N) is 1. The Hall–Kier alpha value is -1.68. The summed E-state index contributed by atoms with van der Waals surface area (Å²) in [6, 6.07) is 7.59. The van der Waals surface area contributed by atoms with Crippen molar-refractivity contribution in [3.05, 3.63) is 29.8 Å². The van der Waals surface area contributed by atoms with E-state index in [1.165, 1.54) is 4.90 Å². The molecule has 0 aromatic heterocycles. The molecular formula is C15H20N2O2. The Balaban J connectivity index is 2.27. The van der Waals surface area contributed by atoms with Crippen molar-refractivity contribution in [2.45, 2.75) is 33.7 Å². The van der Waals surface area contributed by atoms with Gasteiger partial charge in [-0.3, -0.25) is 14.5 Å². The first-order valence-corrected chi connectivity index (χ1v) is 6.63. The van der Waals surface area contributed by atoms with E-state index < -0.39 is 5.41 Å². The third-order valence-corrected chi connectivity index (χ3v) is 3.37. The molecular weight excluding hydrogens is 240 g/mol. The fourth-order valence-electron chi connectivity index (χ4n) is 2.28. The van der Waals surface area contributed by atoms with Crippen LogP contribution in [0.15, 0.2) is 24.3 Å². The minimum atomic E-state index is -0.589. The van der Waals surface area contributed by atoms with Crippen molar-refractivity contribution in [3.8, 4) is 0 Å². The van der Waals surface area contributed by atoms with Crippen molar-refractivity contribution >= 4 is 17.5 Å². The lowest BCUT2D eigenvalue weighted by Gasteiger charge is -2.18. The molecule has 1 fully saturated rings. The van der Waals surface area contributed by atoms with E-state index >= 15 is 0 Å². The average Bonchev–Trinajstić information content (AvgIpc) is 2.56. The molecule has 0 aliphatic carbocycles. The molecule has 0 atom stereocenters. The Morgan fingerprint density at radius 2 is 2.05 bits per heavy atom. The summed E-state index contributed by atoms with van der Waals surface area (Å²) in [5.41, 5.74) is 1.16. The van der Waals surface area contributed by atoms with Crippen LogP contribution in [0.1, 0.15) is 32.8 Å². The molecule has 1 saturated heterocycles. The van der Waals surface area contributed by atoms with E-state index in [0.29, 0.717) is 5.69 Å². The van der Waals surface area contributed by atoms with E-state index in [9.17, 15) is 9.59 Å². The number of anilines is 1. The van der Waals surface area contributed by atoms with Gasteiger partial charge in [-0.15, -0.1) is 0 Å². The lowest BCUT2D eigenvalue weighted by atomic mass is 9.92. The van der Waals surface area contributed by atoms with Gasteiger partial charge >= 0.3 is 0 Å². The number of amides is 2. The summed E-state index contributed by atoms with van der Waals surface area (Å²) in [5.74, 6) is -0.228. The van der Waals surface area contributed by atoms with Gasteiger partial charge in [0.15, 0.2) is 0 Å². The second-order valence-electron chi connectivity index (χ2n) is 5.55. The van der Waals surface area contributed by atoms with E-state index in [1.54, 1.807) is 0 Å². The molecule has 0 spiro atoms. The summed E-state index contributed by atoms with van der Waals surface area (Å²) in [7, 11) is 0. The summed E-state index contributed by atoms with van der Waals surface area (Å²) in [6.45, 7) is 7.30. The predicted molar refractivity (Wildman–Crippen MR) is 74.7 cm³/mol. The Morgan fingerprint density at radius 1 is 1.32 bits per heavy atom. The van der Waals surface area contributed by atoms with Crippen molar-refractivity contribution in [2.24, 2.45) is 5.41 Å². The lowest BCUT2D eigenvalue weighted by molar-refractivity contribution is -0.124. The molecule has 0 bridgehead atoms. The van der Waals surface area contributed by atoms with Gasteiger partial charge in [-0.1, -0.05) is 32.9 Å². The molecule has 0 unspecified atom stereocenters. The number of carbonyl (C=O) groups excluding carboxylic acids is 2. The third kappa shape index (κ3) is 2.68. The van der Waals surface area contributed by atoms with Crippen LogP contribution in [0.4, 0.5) is 5.69 Å². The molecule has 0 radical (unpaired) electrons. The van der Waals surface area contributed by atoms with Gasteiger partial charge in [-0.25, -0.2) is 0 Å². The fraction of sp³-hybridized carbons (Fsp3) is 0.467. The average molecular weight is 260 g/mol. The monoisotopic (exact) mass is 260 g/mol. The molecule has 1 N–H and O–H groups in total. The highest BCUT2D eigenvalue weighted by molar-refractivity contribution is 6.22. The normalized spacial score (nSPS) is 18.2. The molecule has 1 aromatic rings. The van der Waals surface area contributed by atoms with E-state index in [2.05, 4.69) is 5.32 Å². The lowest BCUT2D eigenvalue weighted by Crippen LogP contribution is -2.33. The molecule has 0 saturated carbocycles. The van der Waals surface area contributed by atoms with Crippen LogP contribution < -0.4 is 10.2 Å². The van der Waals surface area contributed by atoms with Gasteiger partial charge in [0.25, 0.3) is 0 Å². The van der Waals surface area contributed by atoms with Crippen LogP contribution in [0.3, 0.4) is 0 Å². The van der Waals surface area contributed by atoms with Gasteiger partial charge in [0.2, 0.25) is 11.8 Å². The van der Waals surface area contributed by atoms with Gasteiger partial charge in [0.05, 0.1) is 11.1 Å². The third-order valence-electron chi connectivity index (χ3n) is 3.37. The molecule has 1 heterocycles. The number of imide groups is 1. The fourth-order valence-corrected chi connectivity index (χ4v) is 2.28. The first-order valence-electron chi connectivity index (χ1n) is 6.63. The maximum atomic E-state index is 12.3. The van der Waals surface area contributed by atoms with Crippen LogP contribution in [0.5, 0.6) is 0 Å². The second kappa shape index (κ2) is 5.13. The van der Waals surface area contributed by atoms with E-state index in [4.69, 9.17) is 0 Å². The minimum absolute atomic E-state index is 0.113. The highest BCUT2D eigenvalue weighted by Gasteiger charge is 2.45. The Labute approximate surface area is 113 Å². The van der Waals surface area contributed by atoms with Crippen LogP contribution >= 0.6 is 0 Å². The van der Waals surface area contributed by atoms with Gasteiger partial charge in [-0.2, -0.15) is 0 Å². The predicted octanol–water partition coefficient (Wildman–Crippen LogP) is 2.09. The largest absolute Gasteiger partial charge is 0.313 e. The summed E-state index contributed by atoms with van der Waals surface area (Å²) < 4.78 is 0. The molecule has 4 nitrogen and oxygen atoms in total. The zero-order valence-electron chi connectivity index (χ0n) is 11.7. The summed E-state index contributed by atoms with van der Waals surface area (Å²) in [6.07, 6.45) is 0.281. The summed E-state index contributed by atoms with van der Waals surface area (Å²) >= 11 is 0. The SMILES string of the molecule is CCNCc1cccc(N2C(=O)CC(C)(C)C2=O)c1. The summed E-state index contributed by atoms with van der Waals surface area (Å²) in [5, 5.41) is 3.23. The van der Waals surface area contributed by atoms with Crippen LogP contribution in [-0.4, -0.2) is 18.4 Å². The van der Waals surface area contributed by atoms with Crippen molar-refractivity contribution < 1.29 is 9.59 Å². The van der Waals surface area contributed by atoms with E-state index in [-0.39, 0.29) is 18.2 Å². The number of benzene rings is 1. The summed E-state index contributed by atoms with van der Waals surface area (Å²) in [4.78, 5) is 25.6. The second-order valence-corrected chi connectivity index (χ2v) is 5.55. The number of rotatable bonds is 4. The van der Waals surface area contributed by atoms with Crippen LogP contribution in [0.2, 0.25) is 0 Å². The Kier molecular flexibility index (Phi) is 3.71. The number of nitrogens with one attached hydrogen (secondary N) is 1. The standard InChI is InChI=1S/C15H20N2O2/c1-4-16-10-11-6-5-7-12(8-11)17-13(18)9-15(2,3)14(17)19/h5-8,16H,4,9-10H2,1-3H3. The molecule has 102 valence electrons.